The van der Waals surface area contributed by atoms with Crippen molar-refractivity contribution in [3.63, 3.8) is 0 Å². The lowest BCUT2D eigenvalue weighted by atomic mass is 9.67. The average Bonchev–Trinajstić information content (AvgIpc) is 3.18. The number of nitrogens with zero attached hydrogens (tertiary/aromatic N) is 3. The lowest BCUT2D eigenvalue weighted by Gasteiger charge is -2.37. The Morgan fingerprint density at radius 2 is 1.87 bits per heavy atom. The van der Waals surface area contributed by atoms with Gasteiger partial charge in [0, 0.05) is 32.0 Å². The van der Waals surface area contributed by atoms with Gasteiger partial charge < -0.3 is 10.2 Å². The largest absolute Gasteiger partial charge is 0.356 e. The van der Waals surface area contributed by atoms with E-state index < -0.39 is 10.0 Å². The van der Waals surface area contributed by atoms with Gasteiger partial charge in [0.2, 0.25) is 15.9 Å². The van der Waals surface area contributed by atoms with Crippen LogP contribution >= 0.6 is 0 Å². The molecule has 1 amide bonds. The van der Waals surface area contributed by atoms with Crippen LogP contribution in [-0.2, 0) is 14.8 Å². The van der Waals surface area contributed by atoms with Crippen LogP contribution in [0.1, 0.15) is 57.8 Å². The Bertz CT molecular complexity index is 834. The summed E-state index contributed by atoms with van der Waals surface area (Å²) in [5.74, 6) is -0.237. The quantitative estimate of drug-likeness (QED) is 0.649. The van der Waals surface area contributed by atoms with E-state index in [9.17, 15) is 13.2 Å². The minimum atomic E-state index is -3.64. The predicted octanol–water partition coefficient (Wildman–Crippen LogP) is 2.64. The van der Waals surface area contributed by atoms with Gasteiger partial charge in [0.1, 0.15) is 4.90 Å². The van der Waals surface area contributed by atoms with Crippen LogP contribution in [0, 0.1) is 11.3 Å². The number of rotatable bonds is 7. The van der Waals surface area contributed by atoms with Crippen molar-refractivity contribution in [2.45, 2.75) is 62.7 Å². The van der Waals surface area contributed by atoms with Crippen molar-refractivity contribution in [2.24, 2.45) is 11.3 Å². The summed E-state index contributed by atoms with van der Waals surface area (Å²) in [6, 6.07) is 3.23. The number of pyridine rings is 1. The van der Waals surface area contributed by atoms with Crippen molar-refractivity contribution in [1.82, 2.24) is 19.5 Å². The van der Waals surface area contributed by atoms with E-state index in [2.05, 4.69) is 15.2 Å². The number of carbonyl (C=O) groups excluding carboxylic acids is 1. The first-order chi connectivity index (χ1) is 15.0. The molecule has 3 fully saturated rings. The molecule has 2 saturated heterocycles. The first-order valence-corrected chi connectivity index (χ1v) is 13.4. The molecule has 4 rings (SSSR count). The molecule has 0 bridgehead atoms. The molecule has 7 nitrogen and oxygen atoms in total. The highest BCUT2D eigenvalue weighted by molar-refractivity contribution is 7.89. The van der Waals surface area contributed by atoms with Gasteiger partial charge in [0.15, 0.2) is 0 Å². The third-order valence-electron chi connectivity index (χ3n) is 7.45. The standard InChI is InChI=1S/C23H36N4O3S/c28-22(25-13-8-16-26-14-5-2-6-15-26)21-18-27(19-23(21)10-3-1-4-11-23)31(29,30)20-9-7-12-24-17-20/h7,9,12,17,21H,1-6,8,10-11,13-16,18-19H2,(H,25,28). The van der Waals surface area contributed by atoms with Crippen molar-refractivity contribution in [2.75, 3.05) is 39.3 Å². The van der Waals surface area contributed by atoms with Crippen LogP contribution in [0.5, 0.6) is 0 Å². The van der Waals surface area contributed by atoms with E-state index >= 15 is 0 Å². The van der Waals surface area contributed by atoms with Crippen LogP contribution in [0.25, 0.3) is 0 Å². The van der Waals surface area contributed by atoms with Crippen molar-refractivity contribution in [1.29, 1.82) is 0 Å². The molecule has 1 N–H and O–H groups in total. The number of piperidine rings is 1. The Hall–Kier alpha value is -1.51. The molecule has 1 atom stereocenters. The molecule has 1 saturated carbocycles. The maximum absolute atomic E-state index is 13.2. The molecule has 1 aromatic heterocycles. The zero-order chi connectivity index (χ0) is 21.7. The van der Waals surface area contributed by atoms with Gasteiger partial charge in [0.25, 0.3) is 0 Å². The van der Waals surface area contributed by atoms with E-state index in [1.165, 1.54) is 49.3 Å². The summed E-state index contributed by atoms with van der Waals surface area (Å²) in [5, 5.41) is 3.15. The van der Waals surface area contributed by atoms with E-state index in [1.807, 2.05) is 0 Å². The van der Waals surface area contributed by atoms with E-state index in [4.69, 9.17) is 0 Å². The fourth-order valence-electron chi connectivity index (χ4n) is 5.70. The Labute approximate surface area is 186 Å². The van der Waals surface area contributed by atoms with Gasteiger partial charge in [-0.1, -0.05) is 25.7 Å². The third kappa shape index (κ3) is 5.12. The van der Waals surface area contributed by atoms with Crippen molar-refractivity contribution < 1.29 is 13.2 Å². The number of aromatic nitrogens is 1. The third-order valence-corrected chi connectivity index (χ3v) is 9.25. The number of nitrogens with one attached hydrogen (secondary N) is 1. The number of sulfonamides is 1. The average molecular weight is 449 g/mol. The second-order valence-electron chi connectivity index (χ2n) is 9.51. The monoisotopic (exact) mass is 448 g/mol. The molecule has 3 aliphatic rings. The first kappa shape index (κ1) is 22.7. The molecule has 1 aliphatic carbocycles. The summed E-state index contributed by atoms with van der Waals surface area (Å²) >= 11 is 0. The van der Waals surface area contributed by atoms with Crippen molar-refractivity contribution in [3.8, 4) is 0 Å². The molecule has 3 heterocycles. The number of hydrogen-bond donors (Lipinski definition) is 1. The molecule has 1 unspecified atom stereocenters. The highest BCUT2D eigenvalue weighted by Crippen LogP contribution is 2.48. The maximum Gasteiger partial charge on any atom is 0.244 e. The second kappa shape index (κ2) is 9.96. The zero-order valence-electron chi connectivity index (χ0n) is 18.5. The normalized spacial score (nSPS) is 25.0. The maximum atomic E-state index is 13.2. The summed E-state index contributed by atoms with van der Waals surface area (Å²) in [5.41, 5.74) is -0.232. The smallest absolute Gasteiger partial charge is 0.244 e. The van der Waals surface area contributed by atoms with Crippen molar-refractivity contribution >= 4 is 15.9 Å². The predicted molar refractivity (Wildman–Crippen MR) is 120 cm³/mol. The highest BCUT2D eigenvalue weighted by atomic mass is 32.2. The minimum absolute atomic E-state index is 0.0319. The fourth-order valence-corrected chi connectivity index (χ4v) is 7.21. The van der Waals surface area contributed by atoms with Gasteiger partial charge >= 0.3 is 0 Å². The minimum Gasteiger partial charge on any atom is -0.356 e. The lowest BCUT2D eigenvalue weighted by molar-refractivity contribution is -0.128. The van der Waals surface area contributed by atoms with Crippen LogP contribution < -0.4 is 5.32 Å². The van der Waals surface area contributed by atoms with Gasteiger partial charge in [0.05, 0.1) is 5.92 Å². The number of amides is 1. The zero-order valence-corrected chi connectivity index (χ0v) is 19.3. The molecule has 8 heteroatoms. The van der Waals surface area contributed by atoms with Crippen molar-refractivity contribution in [3.05, 3.63) is 24.5 Å². The molecule has 2 aliphatic heterocycles. The van der Waals surface area contributed by atoms with Crippen LogP contribution in [0.15, 0.2) is 29.4 Å². The van der Waals surface area contributed by atoms with Crippen LogP contribution in [0.3, 0.4) is 0 Å². The molecule has 1 aromatic rings. The van der Waals surface area contributed by atoms with Crippen LogP contribution in [-0.4, -0.2) is 67.8 Å². The Kier molecular flexibility index (Phi) is 7.29. The van der Waals surface area contributed by atoms with E-state index in [1.54, 1.807) is 18.3 Å². The summed E-state index contributed by atoms with van der Waals surface area (Å²) in [6.45, 7) is 4.74. The van der Waals surface area contributed by atoms with E-state index in [-0.39, 0.29) is 28.7 Å². The van der Waals surface area contributed by atoms with Crippen LogP contribution in [0.2, 0.25) is 0 Å². The summed E-state index contributed by atoms with van der Waals surface area (Å²) < 4.78 is 28.0. The van der Waals surface area contributed by atoms with Gasteiger partial charge in [-0.25, -0.2) is 8.42 Å². The molecule has 31 heavy (non-hydrogen) atoms. The topological polar surface area (TPSA) is 82.6 Å². The summed E-state index contributed by atoms with van der Waals surface area (Å²) in [6.07, 6.45) is 13.0. The number of likely N-dealkylation sites (tertiary alicyclic amines) is 1. The molecule has 1 spiro atoms. The molecule has 172 valence electrons. The van der Waals surface area contributed by atoms with Gasteiger partial charge in [-0.05, 0) is 69.3 Å². The second-order valence-corrected chi connectivity index (χ2v) is 11.4. The summed E-state index contributed by atoms with van der Waals surface area (Å²) in [4.78, 5) is 19.9. The number of carbonyl (C=O) groups is 1. The van der Waals surface area contributed by atoms with E-state index in [0.717, 1.165) is 38.6 Å². The summed E-state index contributed by atoms with van der Waals surface area (Å²) in [7, 11) is -3.64. The molecular weight excluding hydrogens is 412 g/mol. The Morgan fingerprint density at radius 3 is 2.58 bits per heavy atom. The Morgan fingerprint density at radius 1 is 1.13 bits per heavy atom. The van der Waals surface area contributed by atoms with Gasteiger partial charge in [-0.15, -0.1) is 0 Å². The van der Waals surface area contributed by atoms with Crippen LogP contribution in [0.4, 0.5) is 0 Å². The molecule has 0 aromatic carbocycles. The highest BCUT2D eigenvalue weighted by Gasteiger charge is 2.53. The molecular formula is C23H36N4O3S. The first-order valence-electron chi connectivity index (χ1n) is 11.9. The lowest BCUT2D eigenvalue weighted by Crippen LogP contribution is -2.43. The molecule has 0 radical (unpaired) electrons. The Balaban J connectivity index is 1.40. The SMILES string of the molecule is O=C(NCCCN1CCCCC1)C1CN(S(=O)(=O)c2cccnc2)CC12CCCCC2. The van der Waals surface area contributed by atoms with Gasteiger partial charge in [-0.3, -0.25) is 9.78 Å². The van der Waals surface area contributed by atoms with E-state index in [0.29, 0.717) is 13.1 Å². The fraction of sp³-hybridized carbons (Fsp3) is 0.739. The number of hydrogen-bond acceptors (Lipinski definition) is 5. The van der Waals surface area contributed by atoms with Gasteiger partial charge in [-0.2, -0.15) is 4.31 Å².